The minimum atomic E-state index is 0.156. The van der Waals surface area contributed by atoms with E-state index in [0.29, 0.717) is 5.92 Å². The Hall–Kier alpha value is -1.72. The summed E-state index contributed by atoms with van der Waals surface area (Å²) in [5, 5.41) is 4.30. The van der Waals surface area contributed by atoms with Gasteiger partial charge < -0.3 is 4.90 Å². The van der Waals surface area contributed by atoms with E-state index in [1.807, 2.05) is 17.0 Å². The highest BCUT2D eigenvalue weighted by atomic mass is 32.1. The number of pyridine rings is 1. The molecule has 2 saturated heterocycles. The van der Waals surface area contributed by atoms with Crippen LogP contribution in [0.2, 0.25) is 0 Å². The molecule has 0 bridgehead atoms. The summed E-state index contributed by atoms with van der Waals surface area (Å²) in [4.78, 5) is 21.0. The molecule has 2 aromatic rings. The molecule has 0 unspecified atom stereocenters. The lowest BCUT2D eigenvalue weighted by molar-refractivity contribution is -0.120. The largest absolute Gasteiger partial charge is 0.310 e. The molecular weight excluding hydrogens is 282 g/mol. The third-order valence-corrected chi connectivity index (χ3v) is 5.19. The quantitative estimate of drug-likeness (QED) is 0.872. The van der Waals surface area contributed by atoms with Gasteiger partial charge in [0.25, 0.3) is 0 Å². The van der Waals surface area contributed by atoms with E-state index in [4.69, 9.17) is 0 Å². The van der Waals surface area contributed by atoms with Crippen molar-refractivity contribution in [3.63, 3.8) is 0 Å². The van der Waals surface area contributed by atoms with Crippen LogP contribution >= 0.6 is 11.3 Å². The van der Waals surface area contributed by atoms with Gasteiger partial charge in [0, 0.05) is 38.3 Å². The Morgan fingerprint density at radius 1 is 1.29 bits per heavy atom. The van der Waals surface area contributed by atoms with Gasteiger partial charge in [0.1, 0.15) is 0 Å². The molecule has 1 amide bonds. The average Bonchev–Trinajstić information content (AvgIpc) is 3.20. The summed E-state index contributed by atoms with van der Waals surface area (Å²) in [6.45, 7) is 3.70. The van der Waals surface area contributed by atoms with Gasteiger partial charge in [0.15, 0.2) is 0 Å². The van der Waals surface area contributed by atoms with Crippen molar-refractivity contribution in [3.8, 4) is 0 Å². The van der Waals surface area contributed by atoms with Crippen LogP contribution in [-0.4, -0.2) is 35.4 Å². The molecule has 0 saturated carbocycles. The van der Waals surface area contributed by atoms with Crippen molar-refractivity contribution in [1.29, 1.82) is 0 Å². The van der Waals surface area contributed by atoms with Gasteiger partial charge in [-0.2, -0.15) is 11.3 Å². The Morgan fingerprint density at radius 2 is 2.24 bits per heavy atom. The molecule has 4 heterocycles. The minimum Gasteiger partial charge on any atom is -0.310 e. The molecule has 4 rings (SSSR count). The summed E-state index contributed by atoms with van der Waals surface area (Å²) < 4.78 is 0. The van der Waals surface area contributed by atoms with E-state index in [9.17, 15) is 4.79 Å². The molecule has 5 heteroatoms. The van der Waals surface area contributed by atoms with E-state index < -0.39 is 0 Å². The first kappa shape index (κ1) is 13.0. The number of thiophene rings is 1. The lowest BCUT2D eigenvalue weighted by atomic mass is 10.0. The molecular formula is C16H17N3OS. The predicted molar refractivity (Wildman–Crippen MR) is 83.2 cm³/mol. The van der Waals surface area contributed by atoms with Crippen LogP contribution in [0.1, 0.15) is 5.56 Å². The van der Waals surface area contributed by atoms with Gasteiger partial charge in [-0.15, -0.1) is 0 Å². The van der Waals surface area contributed by atoms with Gasteiger partial charge in [0.2, 0.25) is 5.91 Å². The Labute approximate surface area is 128 Å². The SMILES string of the molecule is O=C1[C@@H]2CN(Cc3ccsc3)C[C@@H]2CN1c1cccnc1. The predicted octanol–water partition coefficient (Wildman–Crippen LogP) is 2.24. The number of nitrogens with zero attached hydrogens (tertiary/aromatic N) is 3. The maximum Gasteiger partial charge on any atom is 0.231 e. The van der Waals surface area contributed by atoms with Crippen molar-refractivity contribution in [1.82, 2.24) is 9.88 Å². The fourth-order valence-electron chi connectivity index (χ4n) is 3.47. The van der Waals surface area contributed by atoms with Crippen molar-refractivity contribution in [2.24, 2.45) is 11.8 Å². The third-order valence-electron chi connectivity index (χ3n) is 4.46. The second kappa shape index (κ2) is 5.24. The third kappa shape index (κ3) is 2.36. The van der Waals surface area contributed by atoms with Crippen LogP contribution in [0.5, 0.6) is 0 Å². The van der Waals surface area contributed by atoms with Crippen molar-refractivity contribution in [3.05, 3.63) is 46.9 Å². The van der Waals surface area contributed by atoms with E-state index >= 15 is 0 Å². The maximum absolute atomic E-state index is 12.6. The number of rotatable bonds is 3. The lowest BCUT2D eigenvalue weighted by Crippen LogP contribution is -2.32. The number of fused-ring (bicyclic) bond motifs is 1. The number of carbonyl (C=O) groups is 1. The van der Waals surface area contributed by atoms with E-state index in [-0.39, 0.29) is 11.8 Å². The molecule has 21 heavy (non-hydrogen) atoms. The second-order valence-corrected chi connectivity index (χ2v) is 6.63. The molecule has 0 N–H and O–H groups in total. The molecule has 0 aromatic carbocycles. The van der Waals surface area contributed by atoms with Gasteiger partial charge in [-0.25, -0.2) is 0 Å². The first-order chi connectivity index (χ1) is 10.3. The zero-order valence-electron chi connectivity index (χ0n) is 11.7. The minimum absolute atomic E-state index is 0.156. The van der Waals surface area contributed by atoms with Crippen molar-refractivity contribution in [2.75, 3.05) is 24.5 Å². The Kier molecular flexibility index (Phi) is 3.24. The summed E-state index contributed by atoms with van der Waals surface area (Å²) in [5.74, 6) is 0.876. The highest BCUT2D eigenvalue weighted by molar-refractivity contribution is 7.07. The number of anilines is 1. The van der Waals surface area contributed by atoms with Crippen LogP contribution in [-0.2, 0) is 11.3 Å². The highest BCUT2D eigenvalue weighted by Crippen LogP contribution is 2.35. The number of hydrogen-bond donors (Lipinski definition) is 0. The average molecular weight is 299 g/mol. The van der Waals surface area contributed by atoms with E-state index in [1.165, 1.54) is 5.56 Å². The zero-order valence-corrected chi connectivity index (χ0v) is 12.5. The first-order valence-corrected chi connectivity index (χ1v) is 8.20. The van der Waals surface area contributed by atoms with Crippen LogP contribution < -0.4 is 4.90 Å². The molecule has 108 valence electrons. The maximum atomic E-state index is 12.6. The monoisotopic (exact) mass is 299 g/mol. The summed E-state index contributed by atoms with van der Waals surface area (Å²) >= 11 is 1.73. The zero-order chi connectivity index (χ0) is 14.2. The molecule has 0 aliphatic carbocycles. The molecule has 2 fully saturated rings. The van der Waals surface area contributed by atoms with Gasteiger partial charge >= 0.3 is 0 Å². The normalized spacial score (nSPS) is 25.5. The summed E-state index contributed by atoms with van der Waals surface area (Å²) in [7, 11) is 0. The fraction of sp³-hybridized carbons (Fsp3) is 0.375. The van der Waals surface area contributed by atoms with Gasteiger partial charge in [-0.1, -0.05) is 0 Å². The number of hydrogen-bond acceptors (Lipinski definition) is 4. The molecule has 2 atom stereocenters. The Bertz CT molecular complexity index is 628. The molecule has 2 aromatic heterocycles. The van der Waals surface area contributed by atoms with Crippen LogP contribution in [0.25, 0.3) is 0 Å². The molecule has 2 aliphatic rings. The Morgan fingerprint density at radius 3 is 2.95 bits per heavy atom. The number of amides is 1. The van der Waals surface area contributed by atoms with E-state index in [1.54, 1.807) is 23.7 Å². The molecule has 0 spiro atoms. The smallest absolute Gasteiger partial charge is 0.231 e. The van der Waals surface area contributed by atoms with Crippen molar-refractivity contribution in [2.45, 2.75) is 6.54 Å². The van der Waals surface area contributed by atoms with Crippen molar-refractivity contribution >= 4 is 22.9 Å². The van der Waals surface area contributed by atoms with Crippen LogP contribution in [0.15, 0.2) is 41.4 Å². The van der Waals surface area contributed by atoms with Crippen molar-refractivity contribution < 1.29 is 4.79 Å². The lowest BCUT2D eigenvalue weighted by Gasteiger charge is -2.21. The highest BCUT2D eigenvalue weighted by Gasteiger charge is 2.46. The molecule has 4 nitrogen and oxygen atoms in total. The standard InChI is InChI=1S/C16H17N3OS/c20-16-15-10-18(7-12-3-5-21-11-12)8-13(15)9-19(16)14-2-1-4-17-6-14/h1-6,11,13,15H,7-10H2/t13-,15-/m1/s1. The van der Waals surface area contributed by atoms with E-state index in [2.05, 4.69) is 26.7 Å². The van der Waals surface area contributed by atoms with Gasteiger partial charge in [0.05, 0.1) is 17.8 Å². The molecule has 0 radical (unpaired) electrons. The number of likely N-dealkylation sites (tertiary alicyclic amines) is 1. The first-order valence-electron chi connectivity index (χ1n) is 7.26. The summed E-state index contributed by atoms with van der Waals surface area (Å²) in [6.07, 6.45) is 3.52. The van der Waals surface area contributed by atoms with Gasteiger partial charge in [-0.3, -0.25) is 14.7 Å². The fourth-order valence-corrected chi connectivity index (χ4v) is 4.13. The van der Waals surface area contributed by atoms with E-state index in [0.717, 1.165) is 31.9 Å². The number of aromatic nitrogens is 1. The second-order valence-electron chi connectivity index (χ2n) is 5.85. The summed E-state index contributed by atoms with van der Waals surface area (Å²) in [5.41, 5.74) is 2.29. The van der Waals surface area contributed by atoms with Crippen LogP contribution in [0.3, 0.4) is 0 Å². The Balaban J connectivity index is 1.45. The number of carbonyl (C=O) groups excluding carboxylic acids is 1. The summed E-state index contributed by atoms with van der Waals surface area (Å²) in [6, 6.07) is 6.02. The van der Waals surface area contributed by atoms with Crippen LogP contribution in [0, 0.1) is 11.8 Å². The van der Waals surface area contributed by atoms with Gasteiger partial charge in [-0.05, 0) is 34.5 Å². The topological polar surface area (TPSA) is 36.4 Å². The molecule has 2 aliphatic heterocycles. The van der Waals surface area contributed by atoms with Crippen LogP contribution in [0.4, 0.5) is 5.69 Å².